The van der Waals surface area contributed by atoms with Crippen molar-refractivity contribution in [3.05, 3.63) is 12.2 Å². The van der Waals surface area contributed by atoms with E-state index in [1.807, 2.05) is 6.92 Å². The molecule has 0 aromatic heterocycles. The number of cyclic esters (lactones) is 1. The number of ether oxygens (including phenoxy) is 2. The van der Waals surface area contributed by atoms with Gasteiger partial charge in [-0.3, -0.25) is 0 Å². The summed E-state index contributed by atoms with van der Waals surface area (Å²) in [5.74, 6) is -0.926. The smallest absolute Gasteiger partial charge is 0.347 e. The first-order valence-corrected chi connectivity index (χ1v) is 4.78. The average molecular weight is 198 g/mol. The number of carbonyl (C=O) groups is 2. The molecule has 1 unspecified atom stereocenters. The van der Waals surface area contributed by atoms with Crippen molar-refractivity contribution in [2.45, 2.75) is 32.3 Å². The Morgan fingerprint density at radius 2 is 2.50 bits per heavy atom. The van der Waals surface area contributed by atoms with E-state index in [4.69, 9.17) is 9.47 Å². The van der Waals surface area contributed by atoms with Crippen LogP contribution in [0.15, 0.2) is 12.2 Å². The third kappa shape index (κ3) is 3.20. The minimum absolute atomic E-state index is 0.396. The van der Waals surface area contributed by atoms with E-state index in [1.165, 1.54) is 6.08 Å². The topological polar surface area (TPSA) is 52.6 Å². The van der Waals surface area contributed by atoms with Gasteiger partial charge >= 0.3 is 11.9 Å². The standard InChI is InChI=1S/C10H14O4/c1-2-3-7-13-10(12)8-5-4-6-9(11)14-8/h4,6,8H,2-3,5,7H2,1H3. The summed E-state index contributed by atoms with van der Waals surface area (Å²) in [6.45, 7) is 2.41. The molecule has 1 rings (SSSR count). The first-order chi connectivity index (χ1) is 6.74. The van der Waals surface area contributed by atoms with Gasteiger partial charge < -0.3 is 9.47 Å². The summed E-state index contributed by atoms with van der Waals surface area (Å²) < 4.78 is 9.70. The molecule has 14 heavy (non-hydrogen) atoms. The summed E-state index contributed by atoms with van der Waals surface area (Å²) in [4.78, 5) is 22.1. The highest BCUT2D eigenvalue weighted by Crippen LogP contribution is 2.09. The maximum absolute atomic E-state index is 11.3. The Morgan fingerprint density at radius 3 is 3.14 bits per heavy atom. The van der Waals surface area contributed by atoms with Gasteiger partial charge in [-0.15, -0.1) is 0 Å². The van der Waals surface area contributed by atoms with Gasteiger partial charge in [-0.1, -0.05) is 19.4 Å². The van der Waals surface area contributed by atoms with Crippen LogP contribution in [0.1, 0.15) is 26.2 Å². The number of carbonyl (C=O) groups excluding carboxylic acids is 2. The van der Waals surface area contributed by atoms with E-state index in [-0.39, 0.29) is 0 Å². The van der Waals surface area contributed by atoms with E-state index in [1.54, 1.807) is 6.08 Å². The molecule has 4 heteroatoms. The zero-order valence-corrected chi connectivity index (χ0v) is 8.19. The molecule has 0 aliphatic carbocycles. The largest absolute Gasteiger partial charge is 0.463 e. The van der Waals surface area contributed by atoms with E-state index < -0.39 is 18.0 Å². The highest BCUT2D eigenvalue weighted by molar-refractivity contribution is 5.87. The minimum atomic E-state index is -0.746. The van der Waals surface area contributed by atoms with Crippen LogP contribution in [-0.2, 0) is 19.1 Å². The molecular formula is C10H14O4. The molecule has 0 fully saturated rings. The lowest BCUT2D eigenvalue weighted by atomic mass is 10.2. The summed E-state index contributed by atoms with van der Waals surface area (Å²) in [7, 11) is 0. The highest BCUT2D eigenvalue weighted by Gasteiger charge is 2.24. The van der Waals surface area contributed by atoms with Crippen LogP contribution < -0.4 is 0 Å². The maximum Gasteiger partial charge on any atom is 0.347 e. The molecule has 78 valence electrons. The second-order valence-corrected chi connectivity index (χ2v) is 3.08. The lowest BCUT2D eigenvalue weighted by Crippen LogP contribution is -2.30. The maximum atomic E-state index is 11.3. The zero-order chi connectivity index (χ0) is 10.4. The molecule has 1 aliphatic rings. The second-order valence-electron chi connectivity index (χ2n) is 3.08. The third-order valence-electron chi connectivity index (χ3n) is 1.87. The van der Waals surface area contributed by atoms with Crippen molar-refractivity contribution < 1.29 is 19.1 Å². The van der Waals surface area contributed by atoms with Crippen LogP contribution in [0.2, 0.25) is 0 Å². The van der Waals surface area contributed by atoms with E-state index in [0.29, 0.717) is 13.0 Å². The predicted octanol–water partition coefficient (Wildman–Crippen LogP) is 1.20. The zero-order valence-electron chi connectivity index (χ0n) is 8.19. The SMILES string of the molecule is CCCCOC(=O)C1CC=CC(=O)O1. The van der Waals surface area contributed by atoms with Crippen LogP contribution in [0, 0.1) is 0 Å². The Balaban J connectivity index is 2.30. The molecule has 0 saturated heterocycles. The van der Waals surface area contributed by atoms with Gasteiger partial charge in [0.1, 0.15) is 0 Å². The molecule has 0 saturated carbocycles. The Morgan fingerprint density at radius 1 is 1.71 bits per heavy atom. The Labute approximate surface area is 82.9 Å². The van der Waals surface area contributed by atoms with Crippen molar-refractivity contribution in [2.24, 2.45) is 0 Å². The molecule has 0 aromatic rings. The van der Waals surface area contributed by atoms with Crippen molar-refractivity contribution in [1.29, 1.82) is 0 Å². The first-order valence-electron chi connectivity index (χ1n) is 4.78. The van der Waals surface area contributed by atoms with Crippen molar-refractivity contribution in [3.63, 3.8) is 0 Å². The molecule has 1 heterocycles. The molecule has 0 aromatic carbocycles. The quantitative estimate of drug-likeness (QED) is 0.503. The predicted molar refractivity (Wildman–Crippen MR) is 49.5 cm³/mol. The molecule has 1 aliphatic heterocycles. The average Bonchev–Trinajstić information content (AvgIpc) is 2.18. The van der Waals surface area contributed by atoms with E-state index in [9.17, 15) is 9.59 Å². The lowest BCUT2D eigenvalue weighted by molar-refractivity contribution is -0.165. The van der Waals surface area contributed by atoms with Gasteiger partial charge in [0.05, 0.1) is 6.61 Å². The molecule has 0 spiro atoms. The van der Waals surface area contributed by atoms with Gasteiger partial charge in [-0.2, -0.15) is 0 Å². The van der Waals surface area contributed by atoms with E-state index in [2.05, 4.69) is 0 Å². The van der Waals surface area contributed by atoms with Crippen LogP contribution in [0.4, 0.5) is 0 Å². The monoisotopic (exact) mass is 198 g/mol. The van der Waals surface area contributed by atoms with Crippen molar-refractivity contribution >= 4 is 11.9 Å². The van der Waals surface area contributed by atoms with Gasteiger partial charge in [-0.25, -0.2) is 9.59 Å². The van der Waals surface area contributed by atoms with Crippen LogP contribution in [-0.4, -0.2) is 24.6 Å². The molecule has 0 radical (unpaired) electrons. The molecule has 4 nitrogen and oxygen atoms in total. The number of hydrogen-bond donors (Lipinski definition) is 0. The van der Waals surface area contributed by atoms with Gasteiger partial charge in [0, 0.05) is 12.5 Å². The molecule has 0 N–H and O–H groups in total. The number of rotatable bonds is 4. The van der Waals surface area contributed by atoms with Crippen LogP contribution >= 0.6 is 0 Å². The number of unbranched alkanes of at least 4 members (excludes halogenated alkanes) is 1. The Hall–Kier alpha value is -1.32. The fourth-order valence-electron chi connectivity index (χ4n) is 1.07. The van der Waals surface area contributed by atoms with E-state index >= 15 is 0 Å². The van der Waals surface area contributed by atoms with Gasteiger partial charge in [0.15, 0.2) is 0 Å². The second kappa shape index (κ2) is 5.42. The first kappa shape index (κ1) is 10.8. The van der Waals surface area contributed by atoms with Crippen LogP contribution in [0.3, 0.4) is 0 Å². The fraction of sp³-hybridized carbons (Fsp3) is 0.600. The minimum Gasteiger partial charge on any atom is -0.463 e. The highest BCUT2D eigenvalue weighted by atomic mass is 16.6. The van der Waals surface area contributed by atoms with E-state index in [0.717, 1.165) is 12.8 Å². The van der Waals surface area contributed by atoms with Crippen molar-refractivity contribution in [2.75, 3.05) is 6.61 Å². The summed E-state index contributed by atoms with van der Waals surface area (Å²) in [6, 6.07) is 0. The van der Waals surface area contributed by atoms with Crippen LogP contribution in [0.25, 0.3) is 0 Å². The third-order valence-corrected chi connectivity index (χ3v) is 1.87. The summed E-state index contributed by atoms with van der Waals surface area (Å²) in [5.41, 5.74) is 0. The Kier molecular flexibility index (Phi) is 4.16. The van der Waals surface area contributed by atoms with Crippen LogP contribution in [0.5, 0.6) is 0 Å². The Bertz CT molecular complexity index is 245. The van der Waals surface area contributed by atoms with Gasteiger partial charge in [-0.05, 0) is 6.42 Å². The molecular weight excluding hydrogens is 184 g/mol. The molecule has 0 amide bonds. The molecule has 1 atom stereocenters. The molecule has 0 bridgehead atoms. The summed E-state index contributed by atoms with van der Waals surface area (Å²) in [6.07, 6.45) is 4.41. The van der Waals surface area contributed by atoms with Gasteiger partial charge in [0.25, 0.3) is 0 Å². The van der Waals surface area contributed by atoms with Gasteiger partial charge in [0.2, 0.25) is 6.10 Å². The summed E-state index contributed by atoms with van der Waals surface area (Å²) >= 11 is 0. The van der Waals surface area contributed by atoms with Crippen molar-refractivity contribution in [1.82, 2.24) is 0 Å². The van der Waals surface area contributed by atoms with Crippen molar-refractivity contribution in [3.8, 4) is 0 Å². The fourth-order valence-corrected chi connectivity index (χ4v) is 1.07. The normalized spacial score (nSPS) is 20.4. The summed E-state index contributed by atoms with van der Waals surface area (Å²) in [5, 5.41) is 0. The lowest BCUT2D eigenvalue weighted by Gasteiger charge is -2.16. The number of esters is 2. The number of hydrogen-bond acceptors (Lipinski definition) is 4.